The fourth-order valence-electron chi connectivity index (χ4n) is 2.81. The molecule has 1 N–H and O–H groups in total. The van der Waals surface area contributed by atoms with Gasteiger partial charge in [0, 0.05) is 0 Å². The zero-order valence-corrected chi connectivity index (χ0v) is 15.6. The lowest BCUT2D eigenvalue weighted by atomic mass is 10.1. The van der Waals surface area contributed by atoms with Gasteiger partial charge in [-0.15, -0.1) is 0 Å². The summed E-state index contributed by atoms with van der Waals surface area (Å²) in [5, 5.41) is 4.46. The van der Waals surface area contributed by atoms with Crippen LogP contribution in [0.4, 0.5) is 0 Å². The third-order valence-electron chi connectivity index (χ3n) is 4.22. The van der Waals surface area contributed by atoms with Crippen LogP contribution in [-0.4, -0.2) is 23.5 Å². The molecule has 0 aliphatic rings. The van der Waals surface area contributed by atoms with Gasteiger partial charge in [-0.3, -0.25) is 9.89 Å². The standard InChI is InChI=1S/C20H28N2O3/c1-6-7-8-9-18-16(4)20(23)22(21-18)10-11-25-19-14(2)12-17(24-5)13-15(19)3/h9,12-13,21H,4,6-8,10-11H2,1-3,5H3. The molecule has 1 aromatic heterocycles. The number of rotatable bonds is 8. The molecule has 0 fully saturated rings. The molecule has 136 valence electrons. The van der Waals surface area contributed by atoms with Crippen LogP contribution < -0.4 is 25.6 Å². The summed E-state index contributed by atoms with van der Waals surface area (Å²) in [6, 6.07) is 3.88. The molecule has 0 unspecified atom stereocenters. The largest absolute Gasteiger partial charge is 0.497 e. The van der Waals surface area contributed by atoms with E-state index in [1.54, 1.807) is 11.8 Å². The van der Waals surface area contributed by atoms with E-state index in [2.05, 4.69) is 18.6 Å². The maximum atomic E-state index is 12.3. The Hall–Kier alpha value is -2.43. The van der Waals surface area contributed by atoms with Crippen molar-refractivity contribution in [3.63, 3.8) is 0 Å². The average molecular weight is 344 g/mol. The number of nitrogens with zero attached hydrogens (tertiary/aromatic N) is 1. The zero-order valence-electron chi connectivity index (χ0n) is 15.6. The maximum Gasteiger partial charge on any atom is 0.273 e. The molecular formula is C20H28N2O3. The van der Waals surface area contributed by atoms with Crippen LogP contribution in [0.1, 0.15) is 37.3 Å². The third-order valence-corrected chi connectivity index (χ3v) is 4.22. The van der Waals surface area contributed by atoms with Gasteiger partial charge in [0.2, 0.25) is 0 Å². The van der Waals surface area contributed by atoms with E-state index in [9.17, 15) is 4.79 Å². The summed E-state index contributed by atoms with van der Waals surface area (Å²) in [6.45, 7) is 10.9. The Morgan fingerprint density at radius 3 is 2.56 bits per heavy atom. The highest BCUT2D eigenvalue weighted by molar-refractivity contribution is 5.45. The van der Waals surface area contributed by atoms with Crippen molar-refractivity contribution in [1.82, 2.24) is 9.78 Å². The Bertz CT molecular complexity index is 854. The number of hydrogen-bond acceptors (Lipinski definition) is 3. The molecule has 0 radical (unpaired) electrons. The molecule has 0 saturated heterocycles. The molecule has 1 heterocycles. The number of ether oxygens (including phenoxy) is 2. The minimum Gasteiger partial charge on any atom is -0.497 e. The van der Waals surface area contributed by atoms with E-state index in [-0.39, 0.29) is 5.56 Å². The first-order chi connectivity index (χ1) is 12.0. The van der Waals surface area contributed by atoms with Crippen molar-refractivity contribution in [3.05, 3.63) is 44.2 Å². The highest BCUT2D eigenvalue weighted by Gasteiger charge is 2.08. The molecule has 0 spiro atoms. The second-order valence-corrected chi connectivity index (χ2v) is 6.25. The highest BCUT2D eigenvalue weighted by Crippen LogP contribution is 2.28. The van der Waals surface area contributed by atoms with Crippen molar-refractivity contribution in [3.8, 4) is 11.5 Å². The van der Waals surface area contributed by atoms with Crippen LogP contribution in [0.15, 0.2) is 16.9 Å². The molecule has 0 aliphatic carbocycles. The number of aromatic amines is 1. The summed E-state index contributed by atoms with van der Waals surface area (Å²) in [5.41, 5.74) is 1.94. The van der Waals surface area contributed by atoms with Gasteiger partial charge in [-0.25, -0.2) is 4.68 Å². The van der Waals surface area contributed by atoms with Crippen molar-refractivity contribution < 1.29 is 9.47 Å². The van der Waals surface area contributed by atoms with Crippen LogP contribution in [0.2, 0.25) is 0 Å². The number of unbranched alkanes of at least 4 members (excludes halogenated alkanes) is 2. The molecule has 5 heteroatoms. The molecule has 0 bridgehead atoms. The van der Waals surface area contributed by atoms with Gasteiger partial charge in [0.25, 0.3) is 5.56 Å². The molecule has 25 heavy (non-hydrogen) atoms. The number of benzene rings is 1. The summed E-state index contributed by atoms with van der Waals surface area (Å²) in [5.74, 6) is 1.65. The fourth-order valence-corrected chi connectivity index (χ4v) is 2.81. The van der Waals surface area contributed by atoms with Crippen molar-refractivity contribution in [1.29, 1.82) is 0 Å². The third kappa shape index (κ3) is 4.56. The second-order valence-electron chi connectivity index (χ2n) is 6.25. The van der Waals surface area contributed by atoms with Crippen LogP contribution in [-0.2, 0) is 6.54 Å². The number of nitrogens with one attached hydrogen (secondary N) is 1. The van der Waals surface area contributed by atoms with Crippen LogP contribution in [0.3, 0.4) is 0 Å². The van der Waals surface area contributed by atoms with Crippen LogP contribution in [0.25, 0.3) is 12.7 Å². The predicted octanol–water partition coefficient (Wildman–Crippen LogP) is 2.26. The minimum atomic E-state index is -0.0884. The molecule has 0 aliphatic heterocycles. The van der Waals surface area contributed by atoms with Crippen LogP contribution in [0.5, 0.6) is 11.5 Å². The summed E-state index contributed by atoms with van der Waals surface area (Å²) in [6.07, 6.45) is 5.22. The van der Waals surface area contributed by atoms with Crippen molar-refractivity contribution in [2.75, 3.05) is 13.7 Å². The van der Waals surface area contributed by atoms with E-state index in [4.69, 9.17) is 9.47 Å². The first-order valence-electron chi connectivity index (χ1n) is 8.74. The quantitative estimate of drug-likeness (QED) is 0.748. The van der Waals surface area contributed by atoms with E-state index in [1.165, 1.54) is 0 Å². The smallest absolute Gasteiger partial charge is 0.273 e. The lowest BCUT2D eigenvalue weighted by Gasteiger charge is -2.13. The minimum absolute atomic E-state index is 0.0884. The first-order valence-corrected chi connectivity index (χ1v) is 8.74. The van der Waals surface area contributed by atoms with Gasteiger partial charge in [-0.2, -0.15) is 0 Å². The van der Waals surface area contributed by atoms with Crippen molar-refractivity contribution in [2.45, 2.75) is 46.6 Å². The summed E-state index contributed by atoms with van der Waals surface area (Å²) in [7, 11) is 1.65. The predicted molar refractivity (Wildman–Crippen MR) is 102 cm³/mol. The van der Waals surface area contributed by atoms with Gasteiger partial charge in [0.05, 0.1) is 24.2 Å². The van der Waals surface area contributed by atoms with E-state index in [0.717, 1.165) is 47.2 Å². The van der Waals surface area contributed by atoms with E-state index >= 15 is 0 Å². The lowest BCUT2D eigenvalue weighted by Crippen LogP contribution is -2.33. The summed E-state index contributed by atoms with van der Waals surface area (Å²) >= 11 is 0. The Kier molecular flexibility index (Phi) is 6.51. The number of aromatic nitrogens is 2. The van der Waals surface area contributed by atoms with Crippen molar-refractivity contribution >= 4 is 12.7 Å². The zero-order chi connectivity index (χ0) is 18.4. The maximum absolute atomic E-state index is 12.3. The van der Waals surface area contributed by atoms with E-state index < -0.39 is 0 Å². The second kappa shape index (κ2) is 8.60. The van der Waals surface area contributed by atoms with Gasteiger partial charge in [-0.1, -0.05) is 26.0 Å². The van der Waals surface area contributed by atoms with Crippen LogP contribution in [0, 0.1) is 13.8 Å². The molecule has 1 aromatic carbocycles. The van der Waals surface area contributed by atoms with Crippen molar-refractivity contribution in [2.24, 2.45) is 0 Å². The SMILES string of the molecule is C=c1c(=CCCCC)[nH]n(CCOc2c(C)cc(OC)cc2C)c1=O. The van der Waals surface area contributed by atoms with Crippen LogP contribution >= 0.6 is 0 Å². The molecule has 2 rings (SSSR count). The number of methoxy groups -OCH3 is 1. The molecule has 2 aromatic rings. The Balaban J connectivity index is 2.08. The average Bonchev–Trinajstić information content (AvgIpc) is 2.85. The Labute approximate surface area is 148 Å². The van der Waals surface area contributed by atoms with E-state index in [1.807, 2.05) is 32.1 Å². The number of H-pyrrole nitrogens is 1. The van der Waals surface area contributed by atoms with Gasteiger partial charge in [0.15, 0.2) is 0 Å². The number of hydrogen-bond donors (Lipinski definition) is 1. The normalized spacial score (nSPS) is 11.8. The van der Waals surface area contributed by atoms with Gasteiger partial charge in [0.1, 0.15) is 18.1 Å². The van der Waals surface area contributed by atoms with E-state index in [0.29, 0.717) is 18.4 Å². The Morgan fingerprint density at radius 1 is 1.28 bits per heavy atom. The topological polar surface area (TPSA) is 56.2 Å². The van der Waals surface area contributed by atoms with Gasteiger partial charge in [-0.05, 0) is 49.9 Å². The molecule has 5 nitrogen and oxygen atoms in total. The summed E-state index contributed by atoms with van der Waals surface area (Å²) < 4.78 is 12.7. The number of aryl methyl sites for hydroxylation is 2. The van der Waals surface area contributed by atoms with Gasteiger partial charge >= 0.3 is 0 Å². The lowest BCUT2D eigenvalue weighted by molar-refractivity contribution is 0.285. The Morgan fingerprint density at radius 2 is 1.96 bits per heavy atom. The highest BCUT2D eigenvalue weighted by atomic mass is 16.5. The first kappa shape index (κ1) is 18.9. The van der Waals surface area contributed by atoms with Gasteiger partial charge < -0.3 is 9.47 Å². The molecule has 0 saturated carbocycles. The molecular weight excluding hydrogens is 316 g/mol. The molecule has 0 atom stereocenters. The molecule has 0 amide bonds. The monoisotopic (exact) mass is 344 g/mol. The summed E-state index contributed by atoms with van der Waals surface area (Å²) in [4.78, 5) is 12.3. The fraction of sp³-hybridized carbons (Fsp3) is 0.450.